The lowest BCUT2D eigenvalue weighted by Crippen LogP contribution is -2.25. The summed E-state index contributed by atoms with van der Waals surface area (Å²) >= 11 is 0. The molecule has 0 atom stereocenters. The van der Waals surface area contributed by atoms with Gasteiger partial charge in [0, 0.05) is 12.8 Å². The molecule has 1 heterocycles. The van der Waals surface area contributed by atoms with Crippen molar-refractivity contribution >= 4 is 11.9 Å². The third-order valence-corrected chi connectivity index (χ3v) is 3.75. The first kappa shape index (κ1) is 17.4. The van der Waals surface area contributed by atoms with E-state index in [0.717, 1.165) is 6.42 Å². The number of pyridine rings is 1. The van der Waals surface area contributed by atoms with Gasteiger partial charge in [0.15, 0.2) is 0 Å². The maximum absolute atomic E-state index is 12.9. The van der Waals surface area contributed by atoms with Crippen LogP contribution < -0.4 is 5.56 Å². The second-order valence-electron chi connectivity index (χ2n) is 5.39. The molecule has 2 rings (SSSR count). The smallest absolute Gasteiger partial charge is 0.271 e. The summed E-state index contributed by atoms with van der Waals surface area (Å²) < 4.78 is 14.1. The monoisotopic (exact) mass is 327 g/mol. The number of nitriles is 1. The van der Waals surface area contributed by atoms with Crippen LogP contribution in [0.4, 0.5) is 10.1 Å². The minimum atomic E-state index is -0.500. The number of aromatic nitrogens is 1. The van der Waals surface area contributed by atoms with Crippen molar-refractivity contribution in [1.82, 2.24) is 4.57 Å². The van der Waals surface area contributed by atoms with Crippen LogP contribution >= 0.6 is 0 Å². The Hall–Kier alpha value is -2.94. The van der Waals surface area contributed by atoms with Crippen molar-refractivity contribution in [3.8, 4) is 11.9 Å². The molecule has 2 aromatic rings. The average molecular weight is 327 g/mol. The summed E-state index contributed by atoms with van der Waals surface area (Å²) in [5.41, 5.74) is 0.676. The Bertz CT molecular complexity index is 862. The molecule has 0 aliphatic heterocycles. The number of hydrogen-bond donors (Lipinski definition) is 1. The summed E-state index contributed by atoms with van der Waals surface area (Å²) in [5, 5.41) is 19.7. The molecule has 1 aromatic carbocycles. The van der Waals surface area contributed by atoms with E-state index in [1.807, 2.05) is 13.0 Å². The molecule has 0 spiro atoms. The molecule has 5 nitrogen and oxygen atoms in total. The van der Waals surface area contributed by atoms with Gasteiger partial charge >= 0.3 is 0 Å². The topological polar surface area (TPSA) is 78.4 Å². The van der Waals surface area contributed by atoms with Crippen molar-refractivity contribution in [2.24, 2.45) is 4.99 Å². The summed E-state index contributed by atoms with van der Waals surface area (Å²) in [7, 11) is 0. The number of benzene rings is 1. The maximum atomic E-state index is 12.9. The predicted octanol–water partition coefficient (Wildman–Crippen LogP) is 3.42. The van der Waals surface area contributed by atoms with Crippen LogP contribution in [0.3, 0.4) is 0 Å². The van der Waals surface area contributed by atoms with Crippen LogP contribution in [0, 0.1) is 24.1 Å². The van der Waals surface area contributed by atoms with Crippen molar-refractivity contribution in [3.05, 3.63) is 57.1 Å². The second-order valence-corrected chi connectivity index (χ2v) is 5.39. The van der Waals surface area contributed by atoms with Gasteiger partial charge in [0.1, 0.15) is 17.4 Å². The van der Waals surface area contributed by atoms with Crippen LogP contribution in [-0.2, 0) is 6.54 Å². The van der Waals surface area contributed by atoms with Gasteiger partial charge in [-0.05, 0) is 43.2 Å². The lowest BCUT2D eigenvalue weighted by atomic mass is 10.1. The molecule has 0 bridgehead atoms. The van der Waals surface area contributed by atoms with E-state index >= 15 is 0 Å². The SMILES string of the molecule is CCCCn1c(O)c(C=Nc2ccc(F)cc2)c(C)c(C#N)c1=O. The summed E-state index contributed by atoms with van der Waals surface area (Å²) in [6.07, 6.45) is 2.94. The average Bonchev–Trinajstić information content (AvgIpc) is 2.57. The first-order valence-corrected chi connectivity index (χ1v) is 7.65. The van der Waals surface area contributed by atoms with Crippen molar-refractivity contribution in [2.45, 2.75) is 33.2 Å². The first-order valence-electron chi connectivity index (χ1n) is 7.65. The summed E-state index contributed by atoms with van der Waals surface area (Å²) in [4.78, 5) is 16.5. The lowest BCUT2D eigenvalue weighted by molar-refractivity contribution is 0.400. The van der Waals surface area contributed by atoms with Gasteiger partial charge in [0.05, 0.1) is 11.3 Å². The van der Waals surface area contributed by atoms with E-state index in [0.29, 0.717) is 29.8 Å². The Balaban J connectivity index is 2.54. The molecule has 0 radical (unpaired) electrons. The minimum Gasteiger partial charge on any atom is -0.494 e. The highest BCUT2D eigenvalue weighted by Crippen LogP contribution is 2.21. The molecule has 0 aliphatic rings. The van der Waals surface area contributed by atoms with E-state index in [4.69, 9.17) is 0 Å². The van der Waals surface area contributed by atoms with Gasteiger partial charge in [-0.25, -0.2) is 4.39 Å². The second kappa shape index (κ2) is 7.55. The number of aliphatic imine (C=N–C) groups is 1. The van der Waals surface area contributed by atoms with Crippen LogP contribution in [0.1, 0.15) is 36.5 Å². The van der Waals surface area contributed by atoms with Crippen LogP contribution in [0.2, 0.25) is 0 Å². The number of nitrogens with zero attached hydrogens (tertiary/aromatic N) is 3. The summed E-state index contributed by atoms with van der Waals surface area (Å²) in [6, 6.07) is 7.45. The molecule has 1 N–H and O–H groups in total. The Morgan fingerprint density at radius 1 is 1.38 bits per heavy atom. The van der Waals surface area contributed by atoms with E-state index < -0.39 is 5.56 Å². The van der Waals surface area contributed by atoms with E-state index in [1.54, 1.807) is 6.92 Å². The van der Waals surface area contributed by atoms with E-state index in [2.05, 4.69) is 4.99 Å². The van der Waals surface area contributed by atoms with Crippen LogP contribution in [-0.4, -0.2) is 15.9 Å². The van der Waals surface area contributed by atoms with Crippen molar-refractivity contribution in [2.75, 3.05) is 0 Å². The molecule has 0 fully saturated rings. The fraction of sp³-hybridized carbons (Fsp3) is 0.278. The first-order chi connectivity index (χ1) is 11.5. The Labute approximate surface area is 139 Å². The molecule has 0 unspecified atom stereocenters. The largest absolute Gasteiger partial charge is 0.494 e. The predicted molar refractivity (Wildman–Crippen MR) is 90.4 cm³/mol. The van der Waals surface area contributed by atoms with Gasteiger partial charge in [-0.1, -0.05) is 13.3 Å². The zero-order valence-electron chi connectivity index (χ0n) is 13.6. The molecule has 6 heteroatoms. The van der Waals surface area contributed by atoms with Gasteiger partial charge in [-0.2, -0.15) is 5.26 Å². The molecule has 0 saturated carbocycles. The third kappa shape index (κ3) is 3.51. The molecule has 1 aromatic heterocycles. The van der Waals surface area contributed by atoms with Gasteiger partial charge in [-0.15, -0.1) is 0 Å². The Morgan fingerprint density at radius 3 is 2.62 bits per heavy atom. The number of aromatic hydroxyl groups is 1. The van der Waals surface area contributed by atoms with Crippen LogP contribution in [0.5, 0.6) is 5.88 Å². The molecule has 0 saturated heterocycles. The van der Waals surface area contributed by atoms with Crippen molar-refractivity contribution < 1.29 is 9.50 Å². The maximum Gasteiger partial charge on any atom is 0.271 e. The summed E-state index contributed by atoms with van der Waals surface area (Å²) in [6.45, 7) is 3.89. The standard InChI is InChI=1S/C18H18FN3O2/c1-3-4-9-22-17(23)15(10-20)12(2)16(18(22)24)11-21-14-7-5-13(19)6-8-14/h5-8,11,24H,3-4,9H2,1-2H3. The highest BCUT2D eigenvalue weighted by atomic mass is 19.1. The molecule has 0 amide bonds. The Morgan fingerprint density at radius 2 is 2.04 bits per heavy atom. The van der Waals surface area contributed by atoms with Gasteiger partial charge in [0.2, 0.25) is 5.88 Å². The van der Waals surface area contributed by atoms with E-state index in [9.17, 15) is 19.6 Å². The zero-order chi connectivity index (χ0) is 17.7. The van der Waals surface area contributed by atoms with Crippen LogP contribution in [0.15, 0.2) is 34.1 Å². The van der Waals surface area contributed by atoms with Gasteiger partial charge in [-0.3, -0.25) is 14.4 Å². The zero-order valence-corrected chi connectivity index (χ0v) is 13.6. The fourth-order valence-electron chi connectivity index (χ4n) is 2.32. The van der Waals surface area contributed by atoms with Crippen molar-refractivity contribution in [1.29, 1.82) is 5.26 Å². The quantitative estimate of drug-likeness (QED) is 0.855. The molecule has 0 aliphatic carbocycles. The Kier molecular flexibility index (Phi) is 5.48. The normalized spacial score (nSPS) is 10.9. The highest BCUT2D eigenvalue weighted by molar-refractivity contribution is 5.87. The highest BCUT2D eigenvalue weighted by Gasteiger charge is 2.17. The summed E-state index contributed by atoms with van der Waals surface area (Å²) in [5.74, 6) is -0.580. The molecular weight excluding hydrogens is 309 g/mol. The molecule has 24 heavy (non-hydrogen) atoms. The third-order valence-electron chi connectivity index (χ3n) is 3.75. The van der Waals surface area contributed by atoms with Crippen molar-refractivity contribution in [3.63, 3.8) is 0 Å². The number of unbranched alkanes of at least 4 members (excludes halogenated alkanes) is 1. The molecular formula is C18H18FN3O2. The van der Waals surface area contributed by atoms with Crippen LogP contribution in [0.25, 0.3) is 0 Å². The fourth-order valence-corrected chi connectivity index (χ4v) is 2.32. The number of rotatable bonds is 5. The molecule has 124 valence electrons. The number of hydrogen-bond acceptors (Lipinski definition) is 4. The van der Waals surface area contributed by atoms with E-state index in [-0.39, 0.29) is 17.3 Å². The van der Waals surface area contributed by atoms with E-state index in [1.165, 1.54) is 35.0 Å². The lowest BCUT2D eigenvalue weighted by Gasteiger charge is -2.13. The van der Waals surface area contributed by atoms with Gasteiger partial charge in [0.25, 0.3) is 5.56 Å². The number of halogens is 1. The minimum absolute atomic E-state index is 0.00976. The van der Waals surface area contributed by atoms with Gasteiger partial charge < -0.3 is 5.11 Å².